The van der Waals surface area contributed by atoms with E-state index in [-0.39, 0.29) is 17.0 Å². The van der Waals surface area contributed by atoms with E-state index in [4.69, 9.17) is 10.5 Å². The van der Waals surface area contributed by atoms with Gasteiger partial charge in [0.2, 0.25) is 5.78 Å². The lowest BCUT2D eigenvalue weighted by molar-refractivity contribution is 0.0602. The first-order valence-electron chi connectivity index (χ1n) is 8.69. The van der Waals surface area contributed by atoms with Gasteiger partial charge in [-0.3, -0.25) is 4.79 Å². The summed E-state index contributed by atoms with van der Waals surface area (Å²) in [5.41, 5.74) is 10.2. The van der Waals surface area contributed by atoms with Gasteiger partial charge in [0.25, 0.3) is 0 Å². The Morgan fingerprint density at radius 2 is 1.93 bits per heavy atom. The molecule has 140 valence electrons. The number of nitrogen functional groups attached to an aromatic ring is 1. The van der Waals surface area contributed by atoms with Crippen molar-refractivity contribution in [3.63, 3.8) is 0 Å². The van der Waals surface area contributed by atoms with Crippen molar-refractivity contribution < 1.29 is 14.3 Å². The normalized spacial score (nSPS) is 10.9. The van der Waals surface area contributed by atoms with Crippen LogP contribution in [0.5, 0.6) is 0 Å². The predicted octanol–water partition coefficient (Wildman–Crippen LogP) is 4.58. The van der Waals surface area contributed by atoms with Gasteiger partial charge >= 0.3 is 5.97 Å². The third-order valence-corrected chi connectivity index (χ3v) is 5.68. The van der Waals surface area contributed by atoms with Gasteiger partial charge < -0.3 is 14.9 Å². The lowest BCUT2D eigenvalue weighted by atomic mass is 10.0. The highest BCUT2D eigenvalue weighted by molar-refractivity contribution is 7.13. The number of carbonyl (C=O) groups excluding carboxylic acids is 2. The fourth-order valence-electron chi connectivity index (χ4n) is 3.47. The smallest absolute Gasteiger partial charge is 0.339 e. The lowest BCUT2D eigenvalue weighted by Gasteiger charge is -2.08. The first-order chi connectivity index (χ1) is 13.5. The molecule has 4 aromatic rings. The minimum absolute atomic E-state index is 0.174. The van der Waals surface area contributed by atoms with Gasteiger partial charge in [0.1, 0.15) is 0 Å². The zero-order valence-electron chi connectivity index (χ0n) is 15.4. The molecule has 0 aliphatic carbocycles. The molecule has 28 heavy (non-hydrogen) atoms. The average Bonchev–Trinajstić information content (AvgIpc) is 3.32. The van der Waals surface area contributed by atoms with Crippen LogP contribution in [0.4, 0.5) is 5.69 Å². The molecule has 3 aromatic heterocycles. The number of fused-ring (bicyclic) bond motifs is 1. The lowest BCUT2D eigenvalue weighted by Crippen LogP contribution is -2.11. The second-order valence-electron chi connectivity index (χ2n) is 6.40. The zero-order chi connectivity index (χ0) is 19.8. The van der Waals surface area contributed by atoms with Gasteiger partial charge in [-0.15, -0.1) is 11.3 Å². The van der Waals surface area contributed by atoms with Crippen molar-refractivity contribution in [1.29, 1.82) is 0 Å². The van der Waals surface area contributed by atoms with Crippen LogP contribution in [-0.2, 0) is 4.74 Å². The summed E-state index contributed by atoms with van der Waals surface area (Å²) in [6.07, 6.45) is 1.88. The van der Waals surface area contributed by atoms with Gasteiger partial charge in [-0.05, 0) is 54.3 Å². The van der Waals surface area contributed by atoms with Gasteiger partial charge in [-0.25, -0.2) is 4.79 Å². The summed E-state index contributed by atoms with van der Waals surface area (Å²) < 4.78 is 6.67. The van der Waals surface area contributed by atoms with Crippen LogP contribution < -0.4 is 5.73 Å². The van der Waals surface area contributed by atoms with Gasteiger partial charge in [-0.1, -0.05) is 12.1 Å². The standard InChI is InChI=1S/C22H18N2O3S/c1-13-19(18-7-5-11-28-18)17-6-3-4-10-24(17)20(13)21(25)14-8-9-16(23)15(12-14)22(26)27-2/h3-12H,23H2,1-2H3. The largest absolute Gasteiger partial charge is 0.465 e. The van der Waals surface area contributed by atoms with Crippen molar-refractivity contribution >= 4 is 34.3 Å². The fraction of sp³-hybridized carbons (Fsp3) is 0.0909. The number of esters is 1. The quantitative estimate of drug-likeness (QED) is 0.315. The van der Waals surface area contributed by atoms with Crippen LogP contribution in [0, 0.1) is 6.92 Å². The minimum Gasteiger partial charge on any atom is -0.465 e. The van der Waals surface area contributed by atoms with E-state index in [1.165, 1.54) is 13.2 Å². The highest BCUT2D eigenvalue weighted by Gasteiger charge is 2.24. The molecule has 0 bridgehead atoms. The zero-order valence-corrected chi connectivity index (χ0v) is 16.2. The molecule has 6 heteroatoms. The number of ether oxygens (including phenoxy) is 1. The Labute approximate surface area is 166 Å². The molecule has 2 N–H and O–H groups in total. The van der Waals surface area contributed by atoms with Crippen molar-refractivity contribution in [2.75, 3.05) is 12.8 Å². The Hall–Kier alpha value is -3.38. The molecule has 0 aliphatic rings. The van der Waals surface area contributed by atoms with E-state index in [1.54, 1.807) is 23.5 Å². The molecule has 0 unspecified atom stereocenters. The molecule has 1 aromatic carbocycles. The van der Waals surface area contributed by atoms with Gasteiger partial charge in [0.15, 0.2) is 0 Å². The van der Waals surface area contributed by atoms with Crippen LogP contribution in [0.3, 0.4) is 0 Å². The number of nitrogens with zero attached hydrogens (tertiary/aromatic N) is 1. The van der Waals surface area contributed by atoms with Crippen LogP contribution in [0.1, 0.15) is 32.0 Å². The average molecular weight is 390 g/mol. The Balaban J connectivity index is 1.92. The first kappa shape index (κ1) is 18.0. The Kier molecular flexibility index (Phi) is 4.49. The maximum absolute atomic E-state index is 13.4. The number of methoxy groups -OCH3 is 1. The summed E-state index contributed by atoms with van der Waals surface area (Å²) >= 11 is 1.63. The maximum Gasteiger partial charge on any atom is 0.339 e. The summed E-state index contributed by atoms with van der Waals surface area (Å²) in [4.78, 5) is 26.5. The third kappa shape index (κ3) is 2.78. The molecular weight excluding hydrogens is 372 g/mol. The van der Waals surface area contributed by atoms with Gasteiger partial charge in [0, 0.05) is 27.9 Å². The molecule has 0 spiro atoms. The number of ketones is 1. The number of aromatic nitrogens is 1. The Morgan fingerprint density at radius 1 is 1.11 bits per heavy atom. The molecule has 0 atom stereocenters. The van der Waals surface area contributed by atoms with Crippen molar-refractivity contribution in [3.05, 3.63) is 82.5 Å². The van der Waals surface area contributed by atoms with Crippen LogP contribution in [0.25, 0.3) is 16.0 Å². The van der Waals surface area contributed by atoms with Crippen LogP contribution in [0.2, 0.25) is 0 Å². The van der Waals surface area contributed by atoms with Crippen molar-refractivity contribution in [1.82, 2.24) is 4.40 Å². The second kappa shape index (κ2) is 6.98. The van der Waals surface area contributed by atoms with Crippen LogP contribution in [0.15, 0.2) is 60.1 Å². The molecule has 3 heterocycles. The van der Waals surface area contributed by atoms with E-state index in [0.717, 1.165) is 21.5 Å². The highest BCUT2D eigenvalue weighted by atomic mass is 32.1. The number of pyridine rings is 1. The number of nitrogens with two attached hydrogens (primary N) is 1. The number of hydrogen-bond acceptors (Lipinski definition) is 5. The number of rotatable bonds is 4. The molecule has 0 saturated carbocycles. The molecule has 0 amide bonds. The Bertz CT molecular complexity index is 1210. The predicted molar refractivity (Wildman–Crippen MR) is 111 cm³/mol. The molecular formula is C22H18N2O3S. The SMILES string of the molecule is COC(=O)c1cc(C(=O)c2c(C)c(-c3cccs3)c3ccccn23)ccc1N. The fourth-order valence-corrected chi connectivity index (χ4v) is 4.30. The number of anilines is 1. The van der Waals surface area contributed by atoms with E-state index < -0.39 is 5.97 Å². The van der Waals surface area contributed by atoms with Crippen molar-refractivity contribution in [2.45, 2.75) is 6.92 Å². The van der Waals surface area contributed by atoms with E-state index in [9.17, 15) is 9.59 Å². The minimum atomic E-state index is -0.567. The van der Waals surface area contributed by atoms with Crippen LogP contribution in [-0.4, -0.2) is 23.3 Å². The number of benzene rings is 1. The maximum atomic E-state index is 13.4. The Morgan fingerprint density at radius 3 is 2.64 bits per heavy atom. The first-order valence-corrected chi connectivity index (χ1v) is 9.57. The van der Waals surface area contributed by atoms with Crippen LogP contribution >= 0.6 is 11.3 Å². The third-order valence-electron chi connectivity index (χ3n) is 4.79. The topological polar surface area (TPSA) is 73.8 Å². The number of carbonyl (C=O) groups is 2. The summed E-state index contributed by atoms with van der Waals surface area (Å²) in [7, 11) is 1.29. The molecule has 0 fully saturated rings. The van der Waals surface area contributed by atoms with Gasteiger partial charge in [-0.2, -0.15) is 0 Å². The number of hydrogen-bond donors (Lipinski definition) is 1. The van der Waals surface area contributed by atoms with Crippen molar-refractivity contribution in [3.8, 4) is 10.4 Å². The summed E-state index contributed by atoms with van der Waals surface area (Å²) in [6.45, 7) is 1.95. The highest BCUT2D eigenvalue weighted by Crippen LogP contribution is 2.36. The molecule has 0 radical (unpaired) electrons. The molecule has 5 nitrogen and oxygen atoms in total. The monoisotopic (exact) mass is 390 g/mol. The molecule has 0 saturated heterocycles. The van der Waals surface area contributed by atoms with E-state index >= 15 is 0 Å². The summed E-state index contributed by atoms with van der Waals surface area (Å²) in [5, 5.41) is 2.02. The van der Waals surface area contributed by atoms with Crippen molar-refractivity contribution in [2.24, 2.45) is 0 Å². The summed E-state index contributed by atoms with van der Waals surface area (Å²) in [6, 6.07) is 14.6. The summed E-state index contributed by atoms with van der Waals surface area (Å²) in [5.74, 6) is -0.741. The number of thiophene rings is 1. The molecule has 4 rings (SSSR count). The van der Waals surface area contributed by atoms with Gasteiger partial charge in [0.05, 0.1) is 23.9 Å². The van der Waals surface area contributed by atoms with E-state index in [0.29, 0.717) is 11.3 Å². The molecule has 0 aliphatic heterocycles. The second-order valence-corrected chi connectivity index (χ2v) is 7.35. The van der Waals surface area contributed by atoms with E-state index in [1.807, 2.05) is 53.2 Å². The van der Waals surface area contributed by atoms with E-state index in [2.05, 4.69) is 0 Å².